The SMILES string of the molecule is CCCCCCCCCCCCCCCCCCCCCCCCCCCCCC(=O)NC(CO)C(O)CCCCCCCCCCCCCCCCCCC. The predicted octanol–water partition coefficient (Wildman–Crippen LogP) is 16.8. The Hall–Kier alpha value is -0.610. The summed E-state index contributed by atoms with van der Waals surface area (Å²) >= 11 is 0. The zero-order valence-corrected chi connectivity index (χ0v) is 38.7. The summed E-state index contributed by atoms with van der Waals surface area (Å²) in [6, 6.07) is -0.530. The summed E-state index contributed by atoms with van der Waals surface area (Å²) in [5.41, 5.74) is 0. The van der Waals surface area contributed by atoms with Gasteiger partial charge in [-0.25, -0.2) is 0 Å². The average Bonchev–Trinajstić information content (AvgIpc) is 3.20. The topological polar surface area (TPSA) is 69.6 Å². The van der Waals surface area contributed by atoms with Crippen LogP contribution in [0, 0.1) is 0 Å². The summed E-state index contributed by atoms with van der Waals surface area (Å²) in [5, 5.41) is 23.3. The molecule has 0 fully saturated rings. The van der Waals surface area contributed by atoms with Crippen molar-refractivity contribution in [1.82, 2.24) is 5.32 Å². The maximum atomic E-state index is 12.5. The van der Waals surface area contributed by atoms with Gasteiger partial charge in [0.1, 0.15) is 0 Å². The molecule has 3 N–H and O–H groups in total. The van der Waals surface area contributed by atoms with E-state index in [-0.39, 0.29) is 12.5 Å². The van der Waals surface area contributed by atoms with Crippen LogP contribution in [0.1, 0.15) is 309 Å². The lowest BCUT2D eigenvalue weighted by molar-refractivity contribution is -0.123. The highest BCUT2D eigenvalue weighted by atomic mass is 16.3. The van der Waals surface area contributed by atoms with Gasteiger partial charge in [0, 0.05) is 6.42 Å². The van der Waals surface area contributed by atoms with Crippen molar-refractivity contribution in [2.75, 3.05) is 6.61 Å². The minimum Gasteiger partial charge on any atom is -0.394 e. The lowest BCUT2D eigenvalue weighted by atomic mass is 10.0. The minimum absolute atomic E-state index is 0.0231. The number of carbonyl (C=O) groups excluding carboxylic acids is 1. The Morgan fingerprint density at radius 3 is 0.804 bits per heavy atom. The van der Waals surface area contributed by atoms with Gasteiger partial charge in [0.15, 0.2) is 0 Å². The summed E-state index contributed by atoms with van der Waals surface area (Å²) in [4.78, 5) is 12.5. The average molecular weight is 792 g/mol. The Morgan fingerprint density at radius 2 is 0.571 bits per heavy atom. The first kappa shape index (κ1) is 55.4. The Kier molecular flexibility index (Phi) is 48.2. The van der Waals surface area contributed by atoms with Crippen molar-refractivity contribution < 1.29 is 15.0 Å². The lowest BCUT2D eigenvalue weighted by Crippen LogP contribution is -2.45. The fraction of sp³-hybridized carbons (Fsp3) is 0.981. The van der Waals surface area contributed by atoms with Gasteiger partial charge in [-0.15, -0.1) is 0 Å². The van der Waals surface area contributed by atoms with Gasteiger partial charge < -0.3 is 15.5 Å². The molecular weight excluding hydrogens is 687 g/mol. The fourth-order valence-corrected chi connectivity index (χ4v) is 8.60. The van der Waals surface area contributed by atoms with Crippen LogP contribution < -0.4 is 5.32 Å². The molecule has 0 aromatic heterocycles. The van der Waals surface area contributed by atoms with Gasteiger partial charge >= 0.3 is 0 Å². The lowest BCUT2D eigenvalue weighted by Gasteiger charge is -2.22. The highest BCUT2D eigenvalue weighted by molar-refractivity contribution is 5.76. The highest BCUT2D eigenvalue weighted by Crippen LogP contribution is 2.18. The van der Waals surface area contributed by atoms with Crippen LogP contribution in [0.2, 0.25) is 0 Å². The van der Waals surface area contributed by atoms with Crippen molar-refractivity contribution >= 4 is 5.91 Å². The third-order valence-corrected chi connectivity index (χ3v) is 12.6. The molecule has 0 aromatic rings. The molecule has 2 unspecified atom stereocenters. The van der Waals surface area contributed by atoms with E-state index in [1.165, 1.54) is 257 Å². The molecule has 0 aliphatic carbocycles. The third-order valence-electron chi connectivity index (χ3n) is 12.6. The van der Waals surface area contributed by atoms with E-state index in [1.54, 1.807) is 0 Å². The van der Waals surface area contributed by atoms with E-state index in [1.807, 2.05) is 0 Å². The minimum atomic E-state index is -0.654. The van der Waals surface area contributed by atoms with Crippen LogP contribution in [-0.2, 0) is 4.79 Å². The smallest absolute Gasteiger partial charge is 0.220 e. The molecule has 0 aromatic carbocycles. The summed E-state index contributed by atoms with van der Waals surface area (Å²) in [6.45, 7) is 4.40. The van der Waals surface area contributed by atoms with Gasteiger partial charge in [0.2, 0.25) is 5.91 Å². The van der Waals surface area contributed by atoms with Crippen LogP contribution in [0.3, 0.4) is 0 Å². The monoisotopic (exact) mass is 792 g/mol. The van der Waals surface area contributed by atoms with Crippen molar-refractivity contribution in [3.05, 3.63) is 0 Å². The van der Waals surface area contributed by atoms with Crippen molar-refractivity contribution in [3.8, 4) is 0 Å². The van der Waals surface area contributed by atoms with E-state index in [0.29, 0.717) is 12.8 Å². The second-order valence-electron chi connectivity index (χ2n) is 18.3. The van der Waals surface area contributed by atoms with Gasteiger partial charge in [0.25, 0.3) is 0 Å². The summed E-state index contributed by atoms with van der Waals surface area (Å²) in [6.07, 6.45) is 60.8. The van der Waals surface area contributed by atoms with E-state index < -0.39 is 12.1 Å². The first-order chi connectivity index (χ1) is 27.7. The van der Waals surface area contributed by atoms with Crippen molar-refractivity contribution in [2.45, 2.75) is 321 Å². The van der Waals surface area contributed by atoms with Crippen LogP contribution in [0.15, 0.2) is 0 Å². The number of hydrogen-bond donors (Lipinski definition) is 3. The number of unbranched alkanes of at least 4 members (excludes halogenated alkanes) is 42. The standard InChI is InChI=1S/C52H105NO3/c1-3-5-7-9-11-13-15-17-19-21-22-23-24-25-26-27-28-29-30-32-34-36-38-40-42-44-46-48-52(56)53-50(49-54)51(55)47-45-43-41-39-37-35-33-31-20-18-16-14-12-10-8-6-4-2/h50-51,54-55H,3-49H2,1-2H3,(H,53,56). The number of rotatable bonds is 49. The molecule has 0 bridgehead atoms. The number of aliphatic hydroxyl groups is 2. The van der Waals surface area contributed by atoms with E-state index >= 15 is 0 Å². The van der Waals surface area contributed by atoms with E-state index in [9.17, 15) is 15.0 Å². The number of hydrogen-bond acceptors (Lipinski definition) is 3. The van der Waals surface area contributed by atoms with Gasteiger partial charge in [-0.2, -0.15) is 0 Å². The van der Waals surface area contributed by atoms with Crippen molar-refractivity contribution in [1.29, 1.82) is 0 Å². The molecule has 0 aliphatic heterocycles. The summed E-state index contributed by atoms with van der Waals surface area (Å²) in [5.74, 6) is -0.0231. The number of amides is 1. The first-order valence-corrected chi connectivity index (χ1v) is 26.2. The molecule has 336 valence electrons. The van der Waals surface area contributed by atoms with Gasteiger partial charge in [-0.1, -0.05) is 290 Å². The number of carbonyl (C=O) groups is 1. The number of aliphatic hydroxyl groups excluding tert-OH is 2. The summed E-state index contributed by atoms with van der Waals surface area (Å²) < 4.78 is 0. The Labute approximate surface area is 353 Å². The van der Waals surface area contributed by atoms with Crippen LogP contribution in [0.5, 0.6) is 0 Å². The Morgan fingerprint density at radius 1 is 0.357 bits per heavy atom. The van der Waals surface area contributed by atoms with Crippen molar-refractivity contribution in [3.63, 3.8) is 0 Å². The summed E-state index contributed by atoms with van der Waals surface area (Å²) in [7, 11) is 0. The molecule has 0 aliphatic rings. The van der Waals surface area contributed by atoms with E-state index in [0.717, 1.165) is 25.7 Å². The molecule has 56 heavy (non-hydrogen) atoms. The molecule has 2 atom stereocenters. The molecule has 0 saturated heterocycles. The largest absolute Gasteiger partial charge is 0.394 e. The first-order valence-electron chi connectivity index (χ1n) is 26.2. The molecular formula is C52H105NO3. The number of nitrogens with one attached hydrogen (secondary N) is 1. The van der Waals surface area contributed by atoms with Crippen LogP contribution in [0.4, 0.5) is 0 Å². The van der Waals surface area contributed by atoms with E-state index in [4.69, 9.17) is 0 Å². The second kappa shape index (κ2) is 48.8. The normalized spacial score (nSPS) is 12.7. The second-order valence-corrected chi connectivity index (χ2v) is 18.3. The molecule has 4 heteroatoms. The molecule has 1 amide bonds. The molecule has 0 spiro atoms. The van der Waals surface area contributed by atoms with Gasteiger partial charge in [-0.3, -0.25) is 4.79 Å². The molecule has 0 heterocycles. The van der Waals surface area contributed by atoms with Crippen LogP contribution in [0.25, 0.3) is 0 Å². The Bertz CT molecular complexity index is 729. The zero-order chi connectivity index (χ0) is 40.7. The quantitative estimate of drug-likeness (QED) is 0.0538. The van der Waals surface area contributed by atoms with Crippen molar-refractivity contribution in [2.24, 2.45) is 0 Å². The molecule has 4 nitrogen and oxygen atoms in total. The molecule has 0 radical (unpaired) electrons. The Balaban J connectivity index is 3.40. The maximum Gasteiger partial charge on any atom is 0.220 e. The van der Waals surface area contributed by atoms with Gasteiger partial charge in [-0.05, 0) is 12.8 Å². The molecule has 0 rings (SSSR count). The zero-order valence-electron chi connectivity index (χ0n) is 38.7. The highest BCUT2D eigenvalue weighted by Gasteiger charge is 2.20. The maximum absolute atomic E-state index is 12.5. The van der Waals surface area contributed by atoms with Crippen LogP contribution in [-0.4, -0.2) is 34.9 Å². The predicted molar refractivity (Wildman–Crippen MR) is 249 cm³/mol. The third kappa shape index (κ3) is 44.5. The van der Waals surface area contributed by atoms with Crippen LogP contribution >= 0.6 is 0 Å². The fourth-order valence-electron chi connectivity index (χ4n) is 8.60. The van der Waals surface area contributed by atoms with E-state index in [2.05, 4.69) is 19.2 Å². The van der Waals surface area contributed by atoms with Gasteiger partial charge in [0.05, 0.1) is 18.8 Å². The molecule has 0 saturated carbocycles.